The zero-order valence-electron chi connectivity index (χ0n) is 8.53. The van der Waals surface area contributed by atoms with E-state index in [2.05, 4.69) is 15.4 Å². The lowest BCUT2D eigenvalue weighted by atomic mass is 10.1. The highest BCUT2D eigenvalue weighted by Crippen LogP contribution is 2.16. The molecule has 0 bridgehead atoms. The minimum atomic E-state index is 0.726. The number of aromatic nitrogens is 3. The molecule has 0 amide bonds. The second-order valence-corrected chi connectivity index (χ2v) is 5.06. The first-order chi connectivity index (χ1) is 7.16. The Labute approximate surface area is 96.3 Å². The van der Waals surface area contributed by atoms with Crippen molar-refractivity contribution < 1.29 is 4.52 Å². The molecule has 0 fully saturated rings. The van der Waals surface area contributed by atoms with E-state index in [1.807, 2.05) is 13.8 Å². The standard InChI is InChI=1S/C9H11N3OS2/c1-5-7(6(2)13-12-5)3-4-8-10-11-9(14)15-8/h3-4H2,1-2H3,(H,11,14). The molecule has 0 saturated heterocycles. The summed E-state index contributed by atoms with van der Waals surface area (Å²) in [6, 6.07) is 0. The minimum absolute atomic E-state index is 0.726. The van der Waals surface area contributed by atoms with E-state index in [0.717, 1.165) is 33.3 Å². The third-order valence-corrected chi connectivity index (χ3v) is 3.40. The Morgan fingerprint density at radius 3 is 2.73 bits per heavy atom. The van der Waals surface area contributed by atoms with Gasteiger partial charge in [0.15, 0.2) is 3.95 Å². The predicted octanol–water partition coefficient (Wildman–Crippen LogP) is 2.59. The quantitative estimate of drug-likeness (QED) is 0.839. The van der Waals surface area contributed by atoms with Crippen molar-refractivity contribution in [3.05, 3.63) is 26.0 Å². The van der Waals surface area contributed by atoms with Crippen LogP contribution in [0.4, 0.5) is 0 Å². The largest absolute Gasteiger partial charge is 0.361 e. The Hall–Kier alpha value is -1.01. The molecule has 0 aliphatic carbocycles. The van der Waals surface area contributed by atoms with Crippen LogP contribution in [0.15, 0.2) is 4.52 Å². The van der Waals surface area contributed by atoms with Crippen LogP contribution in [-0.2, 0) is 12.8 Å². The maximum Gasteiger partial charge on any atom is 0.176 e. The number of aromatic amines is 1. The number of aryl methyl sites for hydroxylation is 3. The van der Waals surface area contributed by atoms with Crippen LogP contribution in [-0.4, -0.2) is 15.4 Å². The van der Waals surface area contributed by atoms with E-state index in [4.69, 9.17) is 16.7 Å². The maximum absolute atomic E-state index is 5.09. The molecular weight excluding hydrogens is 230 g/mol. The Bertz CT molecular complexity index is 492. The van der Waals surface area contributed by atoms with Gasteiger partial charge < -0.3 is 4.52 Å². The number of H-pyrrole nitrogens is 1. The van der Waals surface area contributed by atoms with Gasteiger partial charge in [0.05, 0.1) is 5.69 Å². The van der Waals surface area contributed by atoms with E-state index in [1.54, 1.807) is 0 Å². The number of nitrogens with one attached hydrogen (secondary N) is 1. The summed E-state index contributed by atoms with van der Waals surface area (Å²) in [6.07, 6.45) is 1.78. The van der Waals surface area contributed by atoms with Crippen LogP contribution >= 0.6 is 23.6 Å². The van der Waals surface area contributed by atoms with E-state index < -0.39 is 0 Å². The maximum atomic E-state index is 5.09. The number of nitrogens with zero attached hydrogens (tertiary/aromatic N) is 2. The molecule has 6 heteroatoms. The monoisotopic (exact) mass is 241 g/mol. The normalized spacial score (nSPS) is 10.8. The third kappa shape index (κ3) is 2.32. The van der Waals surface area contributed by atoms with Crippen molar-refractivity contribution in [1.29, 1.82) is 0 Å². The minimum Gasteiger partial charge on any atom is -0.361 e. The van der Waals surface area contributed by atoms with Gasteiger partial charge in [-0.1, -0.05) is 16.5 Å². The van der Waals surface area contributed by atoms with Gasteiger partial charge in [-0.15, -0.1) is 0 Å². The molecule has 15 heavy (non-hydrogen) atoms. The molecule has 0 aliphatic heterocycles. The van der Waals surface area contributed by atoms with Gasteiger partial charge in [-0.3, -0.25) is 5.10 Å². The van der Waals surface area contributed by atoms with Crippen LogP contribution < -0.4 is 0 Å². The summed E-state index contributed by atoms with van der Waals surface area (Å²) in [4.78, 5) is 0. The van der Waals surface area contributed by atoms with E-state index in [-0.39, 0.29) is 0 Å². The molecule has 0 spiro atoms. The van der Waals surface area contributed by atoms with Crippen molar-refractivity contribution in [3.8, 4) is 0 Å². The van der Waals surface area contributed by atoms with Crippen molar-refractivity contribution in [3.63, 3.8) is 0 Å². The molecule has 0 unspecified atom stereocenters. The van der Waals surface area contributed by atoms with Crippen molar-refractivity contribution >= 4 is 23.6 Å². The molecule has 0 radical (unpaired) electrons. The first-order valence-electron chi connectivity index (χ1n) is 4.63. The Kier molecular flexibility index (Phi) is 2.97. The van der Waals surface area contributed by atoms with Crippen LogP contribution in [0, 0.1) is 17.8 Å². The number of hydrogen-bond donors (Lipinski definition) is 1. The molecule has 0 aromatic carbocycles. The smallest absolute Gasteiger partial charge is 0.176 e. The fourth-order valence-corrected chi connectivity index (χ4v) is 2.39. The Balaban J connectivity index is 2.08. The molecule has 1 N–H and O–H groups in total. The SMILES string of the molecule is Cc1noc(C)c1CCc1n[nH]c(=S)s1. The molecule has 2 heterocycles. The summed E-state index contributed by atoms with van der Waals surface area (Å²) < 4.78 is 5.82. The van der Waals surface area contributed by atoms with Gasteiger partial charge in [0.25, 0.3) is 0 Å². The number of rotatable bonds is 3. The Morgan fingerprint density at radius 2 is 2.20 bits per heavy atom. The lowest BCUT2D eigenvalue weighted by molar-refractivity contribution is 0.392. The summed E-state index contributed by atoms with van der Waals surface area (Å²) in [5, 5.41) is 11.8. The summed E-state index contributed by atoms with van der Waals surface area (Å²) in [5.74, 6) is 0.895. The van der Waals surface area contributed by atoms with E-state index in [9.17, 15) is 0 Å². The average Bonchev–Trinajstić information content (AvgIpc) is 2.73. The van der Waals surface area contributed by atoms with Crippen LogP contribution in [0.3, 0.4) is 0 Å². The lowest BCUT2D eigenvalue weighted by Crippen LogP contribution is -1.93. The van der Waals surface area contributed by atoms with E-state index in [1.165, 1.54) is 16.9 Å². The highest BCUT2D eigenvalue weighted by Gasteiger charge is 2.09. The predicted molar refractivity (Wildman–Crippen MR) is 60.7 cm³/mol. The zero-order chi connectivity index (χ0) is 10.8. The molecule has 0 saturated carbocycles. The van der Waals surface area contributed by atoms with Gasteiger partial charge >= 0.3 is 0 Å². The second-order valence-electron chi connectivity index (χ2n) is 3.31. The average molecular weight is 241 g/mol. The molecule has 0 atom stereocenters. The fraction of sp³-hybridized carbons (Fsp3) is 0.444. The van der Waals surface area contributed by atoms with Crippen LogP contribution in [0.25, 0.3) is 0 Å². The van der Waals surface area contributed by atoms with Gasteiger partial charge in [0.1, 0.15) is 10.8 Å². The van der Waals surface area contributed by atoms with Crippen LogP contribution in [0.5, 0.6) is 0 Å². The van der Waals surface area contributed by atoms with E-state index in [0.29, 0.717) is 0 Å². The van der Waals surface area contributed by atoms with Gasteiger partial charge in [0.2, 0.25) is 0 Å². The summed E-state index contributed by atoms with van der Waals surface area (Å²) in [5.41, 5.74) is 2.14. The lowest BCUT2D eigenvalue weighted by Gasteiger charge is -1.95. The van der Waals surface area contributed by atoms with Crippen LogP contribution in [0.1, 0.15) is 22.0 Å². The highest BCUT2D eigenvalue weighted by atomic mass is 32.1. The summed E-state index contributed by atoms with van der Waals surface area (Å²) in [7, 11) is 0. The molecule has 2 aromatic heterocycles. The highest BCUT2D eigenvalue weighted by molar-refractivity contribution is 7.73. The number of hydrogen-bond acceptors (Lipinski definition) is 5. The zero-order valence-corrected chi connectivity index (χ0v) is 10.2. The molecule has 4 nitrogen and oxygen atoms in total. The molecule has 2 rings (SSSR count). The third-order valence-electron chi connectivity index (χ3n) is 2.25. The first-order valence-corrected chi connectivity index (χ1v) is 5.85. The summed E-state index contributed by atoms with van der Waals surface area (Å²) >= 11 is 6.49. The van der Waals surface area contributed by atoms with E-state index >= 15 is 0 Å². The molecule has 0 aliphatic rings. The topological polar surface area (TPSA) is 54.7 Å². The summed E-state index contributed by atoms with van der Waals surface area (Å²) in [6.45, 7) is 3.89. The van der Waals surface area contributed by atoms with Gasteiger partial charge in [-0.05, 0) is 32.5 Å². The van der Waals surface area contributed by atoms with Crippen molar-refractivity contribution in [1.82, 2.24) is 15.4 Å². The van der Waals surface area contributed by atoms with Crippen molar-refractivity contribution in [2.45, 2.75) is 26.7 Å². The second kappa shape index (κ2) is 4.24. The van der Waals surface area contributed by atoms with Gasteiger partial charge in [-0.2, -0.15) is 5.10 Å². The Morgan fingerprint density at radius 1 is 1.40 bits per heavy atom. The fourth-order valence-electron chi connectivity index (χ4n) is 1.46. The molecular formula is C9H11N3OS2. The van der Waals surface area contributed by atoms with Crippen molar-refractivity contribution in [2.24, 2.45) is 0 Å². The van der Waals surface area contributed by atoms with Crippen LogP contribution in [0.2, 0.25) is 0 Å². The van der Waals surface area contributed by atoms with Gasteiger partial charge in [-0.25, -0.2) is 0 Å². The first kappa shape index (κ1) is 10.5. The molecule has 80 valence electrons. The van der Waals surface area contributed by atoms with Crippen molar-refractivity contribution in [2.75, 3.05) is 0 Å². The van der Waals surface area contributed by atoms with Gasteiger partial charge in [0, 0.05) is 12.0 Å². The molecule has 2 aromatic rings.